The van der Waals surface area contributed by atoms with E-state index in [-0.39, 0.29) is 10.8 Å². The fourth-order valence-corrected chi connectivity index (χ4v) is 3.52. The van der Waals surface area contributed by atoms with Crippen LogP contribution in [0.1, 0.15) is 16.1 Å². The molecule has 2 N–H and O–H groups in total. The zero-order chi connectivity index (χ0) is 18.2. The maximum atomic E-state index is 12.5. The van der Waals surface area contributed by atoms with Gasteiger partial charge in [0, 0.05) is 30.7 Å². The first-order valence-electron chi connectivity index (χ1n) is 7.71. The molecule has 0 unspecified atom stereocenters. The van der Waals surface area contributed by atoms with E-state index in [1.165, 1.54) is 26.2 Å². The number of aromatic nitrogens is 1. The summed E-state index contributed by atoms with van der Waals surface area (Å²) >= 11 is 0. The Kier molecular flexibility index (Phi) is 4.36. The summed E-state index contributed by atoms with van der Waals surface area (Å²) in [5.74, 6) is -0.324. The number of nitrogens with one attached hydrogen (secondary N) is 2. The Morgan fingerprint density at radius 1 is 1.08 bits per heavy atom. The molecule has 1 amide bonds. The van der Waals surface area contributed by atoms with Gasteiger partial charge in [-0.2, -0.15) is 0 Å². The van der Waals surface area contributed by atoms with Crippen LogP contribution in [0.15, 0.2) is 53.4 Å². The lowest BCUT2D eigenvalue weighted by molar-refractivity contribution is 0.102. The molecule has 25 heavy (non-hydrogen) atoms. The van der Waals surface area contributed by atoms with E-state index in [9.17, 15) is 13.2 Å². The highest BCUT2D eigenvalue weighted by atomic mass is 32.2. The van der Waals surface area contributed by atoms with Gasteiger partial charge in [0.1, 0.15) is 5.69 Å². The number of nitrogens with zero attached hydrogens (tertiary/aromatic N) is 1. The third kappa shape index (κ3) is 3.29. The zero-order valence-corrected chi connectivity index (χ0v) is 15.0. The minimum Gasteiger partial charge on any atom is -0.350 e. The van der Waals surface area contributed by atoms with Crippen molar-refractivity contribution in [2.24, 2.45) is 0 Å². The highest BCUT2D eigenvalue weighted by molar-refractivity contribution is 7.89. The number of rotatable bonds is 4. The number of para-hydroxylation sites is 1. The molecule has 7 heteroatoms. The first kappa shape index (κ1) is 17.2. The van der Waals surface area contributed by atoms with Gasteiger partial charge in [-0.3, -0.25) is 4.79 Å². The lowest BCUT2D eigenvalue weighted by Gasteiger charge is -2.12. The van der Waals surface area contributed by atoms with E-state index in [1.807, 2.05) is 25.1 Å². The number of carbonyl (C=O) groups excluding carboxylic acids is 1. The van der Waals surface area contributed by atoms with Gasteiger partial charge in [-0.25, -0.2) is 12.7 Å². The van der Waals surface area contributed by atoms with Crippen molar-refractivity contribution in [2.75, 3.05) is 19.4 Å². The van der Waals surface area contributed by atoms with Crippen LogP contribution in [0.2, 0.25) is 0 Å². The second-order valence-electron chi connectivity index (χ2n) is 5.99. The number of hydrogen-bond donors (Lipinski definition) is 2. The van der Waals surface area contributed by atoms with Gasteiger partial charge in [0.2, 0.25) is 10.0 Å². The van der Waals surface area contributed by atoms with Gasteiger partial charge in [-0.15, -0.1) is 0 Å². The quantitative estimate of drug-likeness (QED) is 0.753. The number of anilines is 1. The van der Waals surface area contributed by atoms with Gasteiger partial charge < -0.3 is 10.3 Å². The summed E-state index contributed by atoms with van der Waals surface area (Å²) in [6.45, 7) is 1.97. The molecule has 0 fully saturated rings. The van der Waals surface area contributed by atoms with Crippen molar-refractivity contribution in [3.8, 4) is 0 Å². The Labute approximate surface area is 146 Å². The van der Waals surface area contributed by atoms with Gasteiger partial charge in [0.05, 0.1) is 4.90 Å². The number of carbonyl (C=O) groups is 1. The highest BCUT2D eigenvalue weighted by Gasteiger charge is 2.18. The number of hydrogen-bond acceptors (Lipinski definition) is 3. The van der Waals surface area contributed by atoms with Gasteiger partial charge in [0.25, 0.3) is 5.91 Å². The van der Waals surface area contributed by atoms with Crippen molar-refractivity contribution in [2.45, 2.75) is 11.8 Å². The molecule has 2 aromatic carbocycles. The van der Waals surface area contributed by atoms with Crippen LogP contribution in [0, 0.1) is 6.92 Å². The van der Waals surface area contributed by atoms with E-state index in [1.54, 1.807) is 18.2 Å². The monoisotopic (exact) mass is 357 g/mol. The van der Waals surface area contributed by atoms with Crippen LogP contribution in [0.25, 0.3) is 10.9 Å². The topological polar surface area (TPSA) is 82.3 Å². The number of aromatic amines is 1. The molecule has 3 aromatic rings. The number of H-pyrrole nitrogens is 1. The summed E-state index contributed by atoms with van der Waals surface area (Å²) in [5, 5.41) is 3.69. The Bertz CT molecular complexity index is 1050. The fourth-order valence-electron chi connectivity index (χ4n) is 2.57. The standard InChI is InChI=1S/C18H19N3O3S/c1-12-6-4-7-13-10-16(20-17(12)13)18(22)19-14-8-5-9-15(11-14)25(23,24)21(2)3/h4-11,20H,1-3H3,(H,19,22). The highest BCUT2D eigenvalue weighted by Crippen LogP contribution is 2.21. The van der Waals surface area contributed by atoms with Crippen LogP contribution >= 0.6 is 0 Å². The molecule has 0 radical (unpaired) electrons. The SMILES string of the molecule is Cc1cccc2cc(C(=O)Nc3cccc(S(=O)(=O)N(C)C)c3)[nH]c12. The Hall–Kier alpha value is -2.64. The third-order valence-electron chi connectivity index (χ3n) is 3.98. The lowest BCUT2D eigenvalue weighted by atomic mass is 10.2. The van der Waals surface area contributed by atoms with Gasteiger partial charge in [-0.05, 0) is 36.8 Å². The van der Waals surface area contributed by atoms with Crippen molar-refractivity contribution in [3.05, 3.63) is 59.8 Å². The maximum Gasteiger partial charge on any atom is 0.272 e. The molecular formula is C18H19N3O3S. The Morgan fingerprint density at radius 2 is 1.80 bits per heavy atom. The van der Waals surface area contributed by atoms with Gasteiger partial charge in [-0.1, -0.05) is 24.3 Å². The molecule has 0 atom stereocenters. The summed E-state index contributed by atoms with van der Waals surface area (Å²) < 4.78 is 25.5. The second kappa shape index (κ2) is 6.34. The number of aryl methyl sites for hydroxylation is 1. The minimum absolute atomic E-state index is 0.128. The van der Waals surface area contributed by atoms with Crippen LogP contribution in [0.4, 0.5) is 5.69 Å². The summed E-state index contributed by atoms with van der Waals surface area (Å²) in [4.78, 5) is 15.7. The lowest BCUT2D eigenvalue weighted by Crippen LogP contribution is -2.22. The van der Waals surface area contributed by atoms with Crippen LogP contribution in [-0.4, -0.2) is 37.7 Å². The molecule has 0 spiro atoms. The molecule has 0 aliphatic carbocycles. The summed E-state index contributed by atoms with van der Waals surface area (Å²) in [6, 6.07) is 13.8. The normalized spacial score (nSPS) is 11.8. The van der Waals surface area contributed by atoms with Gasteiger partial charge in [0.15, 0.2) is 0 Å². The van der Waals surface area contributed by atoms with E-state index in [2.05, 4.69) is 10.3 Å². The van der Waals surface area contributed by atoms with E-state index in [0.717, 1.165) is 20.8 Å². The summed E-state index contributed by atoms with van der Waals surface area (Å²) in [7, 11) is -0.620. The average Bonchev–Trinajstić information content (AvgIpc) is 3.01. The Balaban J connectivity index is 1.89. The van der Waals surface area contributed by atoms with E-state index in [0.29, 0.717) is 11.4 Å². The molecule has 130 valence electrons. The van der Waals surface area contributed by atoms with Crippen molar-refractivity contribution < 1.29 is 13.2 Å². The molecular weight excluding hydrogens is 338 g/mol. The Morgan fingerprint density at radius 3 is 2.48 bits per heavy atom. The van der Waals surface area contributed by atoms with Crippen LogP contribution < -0.4 is 5.32 Å². The van der Waals surface area contributed by atoms with E-state index in [4.69, 9.17) is 0 Å². The molecule has 0 saturated carbocycles. The molecule has 0 aliphatic rings. The van der Waals surface area contributed by atoms with Crippen LogP contribution in [-0.2, 0) is 10.0 Å². The third-order valence-corrected chi connectivity index (χ3v) is 5.79. The largest absolute Gasteiger partial charge is 0.350 e. The fraction of sp³-hybridized carbons (Fsp3) is 0.167. The average molecular weight is 357 g/mol. The predicted molar refractivity (Wildman–Crippen MR) is 98.3 cm³/mol. The zero-order valence-electron chi connectivity index (χ0n) is 14.2. The number of amides is 1. The van der Waals surface area contributed by atoms with Crippen LogP contribution in [0.3, 0.4) is 0 Å². The molecule has 3 rings (SSSR count). The molecule has 1 heterocycles. The van der Waals surface area contributed by atoms with Gasteiger partial charge >= 0.3 is 0 Å². The number of fused-ring (bicyclic) bond motifs is 1. The molecule has 0 aliphatic heterocycles. The predicted octanol–water partition coefficient (Wildman–Crippen LogP) is 2.98. The molecule has 6 nitrogen and oxygen atoms in total. The van der Waals surface area contributed by atoms with Crippen molar-refractivity contribution in [1.29, 1.82) is 0 Å². The number of benzene rings is 2. The first-order valence-corrected chi connectivity index (χ1v) is 9.15. The second-order valence-corrected chi connectivity index (χ2v) is 8.14. The van der Waals surface area contributed by atoms with E-state index >= 15 is 0 Å². The number of sulfonamides is 1. The van der Waals surface area contributed by atoms with Crippen molar-refractivity contribution in [1.82, 2.24) is 9.29 Å². The molecule has 0 saturated heterocycles. The summed E-state index contributed by atoms with van der Waals surface area (Å²) in [6.07, 6.45) is 0. The summed E-state index contributed by atoms with van der Waals surface area (Å²) in [5.41, 5.74) is 2.81. The molecule has 1 aromatic heterocycles. The maximum absolute atomic E-state index is 12.5. The smallest absolute Gasteiger partial charge is 0.272 e. The minimum atomic E-state index is -3.55. The van der Waals surface area contributed by atoms with Crippen molar-refractivity contribution in [3.63, 3.8) is 0 Å². The van der Waals surface area contributed by atoms with E-state index < -0.39 is 10.0 Å². The molecule has 0 bridgehead atoms. The van der Waals surface area contributed by atoms with Crippen molar-refractivity contribution >= 4 is 32.5 Å². The van der Waals surface area contributed by atoms with Crippen LogP contribution in [0.5, 0.6) is 0 Å². The first-order chi connectivity index (χ1) is 11.8.